The molecule has 0 bridgehead atoms. The highest BCUT2D eigenvalue weighted by Gasteiger charge is 2.27. The number of nitrogens with zero attached hydrogens (tertiary/aromatic N) is 1. The molecule has 4 rings (SSSR count). The second-order valence-electron chi connectivity index (χ2n) is 6.97. The summed E-state index contributed by atoms with van der Waals surface area (Å²) in [6.45, 7) is 3.32. The number of hydrogen-bond donors (Lipinski definition) is 0. The van der Waals surface area contributed by atoms with Gasteiger partial charge in [-0.2, -0.15) is 0 Å². The predicted octanol–water partition coefficient (Wildman–Crippen LogP) is 5.73. The Morgan fingerprint density at radius 2 is 1.56 bits per heavy atom. The summed E-state index contributed by atoms with van der Waals surface area (Å²) in [6, 6.07) is 29.1. The SMILES string of the molecule is Cc1ccccc1N1CCc2ccccc2C1CCc1ccccc1. The summed E-state index contributed by atoms with van der Waals surface area (Å²) in [5.41, 5.74) is 7.20. The van der Waals surface area contributed by atoms with Gasteiger partial charge in [-0.3, -0.25) is 0 Å². The van der Waals surface area contributed by atoms with Crippen molar-refractivity contribution in [2.45, 2.75) is 32.2 Å². The van der Waals surface area contributed by atoms with Crippen molar-refractivity contribution >= 4 is 5.69 Å². The van der Waals surface area contributed by atoms with Crippen molar-refractivity contribution in [2.24, 2.45) is 0 Å². The van der Waals surface area contributed by atoms with Crippen LogP contribution in [0.15, 0.2) is 78.9 Å². The van der Waals surface area contributed by atoms with Crippen LogP contribution in [0.2, 0.25) is 0 Å². The minimum atomic E-state index is 0.450. The van der Waals surface area contributed by atoms with E-state index in [1.165, 1.54) is 27.9 Å². The molecule has 0 fully saturated rings. The van der Waals surface area contributed by atoms with Crippen LogP contribution in [0.4, 0.5) is 5.69 Å². The highest BCUT2D eigenvalue weighted by Crippen LogP contribution is 2.37. The van der Waals surface area contributed by atoms with Crippen LogP contribution in [0.5, 0.6) is 0 Å². The Hall–Kier alpha value is -2.54. The summed E-state index contributed by atoms with van der Waals surface area (Å²) in [5.74, 6) is 0. The zero-order valence-electron chi connectivity index (χ0n) is 14.9. The Morgan fingerprint density at radius 3 is 2.40 bits per heavy atom. The third kappa shape index (κ3) is 3.32. The maximum atomic E-state index is 2.63. The lowest BCUT2D eigenvalue weighted by atomic mass is 9.88. The van der Waals surface area contributed by atoms with Gasteiger partial charge in [0.05, 0.1) is 6.04 Å². The summed E-state index contributed by atoms with van der Waals surface area (Å²) in [4.78, 5) is 2.63. The van der Waals surface area contributed by atoms with E-state index in [1.54, 1.807) is 0 Å². The molecule has 0 spiro atoms. The van der Waals surface area contributed by atoms with E-state index in [-0.39, 0.29) is 0 Å². The molecule has 25 heavy (non-hydrogen) atoms. The van der Waals surface area contributed by atoms with E-state index in [9.17, 15) is 0 Å². The molecule has 1 aliphatic heterocycles. The standard InChI is InChI=1S/C24H25N/c1-19-9-5-8-14-23(19)25-18-17-21-12-6-7-13-22(21)24(25)16-15-20-10-3-2-4-11-20/h2-14,24H,15-18H2,1H3. The Bertz CT molecular complexity index is 837. The average Bonchev–Trinajstić information content (AvgIpc) is 2.67. The molecule has 1 nitrogen and oxygen atoms in total. The second kappa shape index (κ2) is 7.14. The van der Waals surface area contributed by atoms with Crippen LogP contribution >= 0.6 is 0 Å². The average molecular weight is 327 g/mol. The lowest BCUT2D eigenvalue weighted by Gasteiger charge is -2.40. The normalized spacial score (nSPS) is 16.5. The first-order valence-electron chi connectivity index (χ1n) is 9.27. The van der Waals surface area contributed by atoms with Crippen LogP contribution in [-0.4, -0.2) is 6.54 Å². The summed E-state index contributed by atoms with van der Waals surface area (Å²) in [5, 5.41) is 0. The fourth-order valence-corrected chi connectivity index (χ4v) is 4.08. The molecule has 3 aromatic carbocycles. The molecule has 0 saturated carbocycles. The third-order valence-electron chi connectivity index (χ3n) is 5.39. The molecule has 0 radical (unpaired) electrons. The number of para-hydroxylation sites is 1. The van der Waals surface area contributed by atoms with Gasteiger partial charge in [-0.25, -0.2) is 0 Å². The van der Waals surface area contributed by atoms with E-state index in [0.29, 0.717) is 6.04 Å². The molecule has 0 aliphatic carbocycles. The van der Waals surface area contributed by atoms with Crippen LogP contribution in [-0.2, 0) is 12.8 Å². The topological polar surface area (TPSA) is 3.24 Å². The fourth-order valence-electron chi connectivity index (χ4n) is 4.08. The van der Waals surface area contributed by atoms with E-state index < -0.39 is 0 Å². The van der Waals surface area contributed by atoms with Crippen molar-refractivity contribution in [2.75, 3.05) is 11.4 Å². The van der Waals surface area contributed by atoms with Gasteiger partial charge < -0.3 is 4.90 Å². The van der Waals surface area contributed by atoms with E-state index in [1.807, 2.05) is 0 Å². The van der Waals surface area contributed by atoms with E-state index in [0.717, 1.165) is 25.8 Å². The molecular formula is C24H25N. The number of aryl methyl sites for hydroxylation is 2. The lowest BCUT2D eigenvalue weighted by molar-refractivity contribution is 0.544. The highest BCUT2D eigenvalue weighted by atomic mass is 15.2. The van der Waals surface area contributed by atoms with Crippen molar-refractivity contribution in [1.82, 2.24) is 0 Å². The zero-order valence-corrected chi connectivity index (χ0v) is 14.9. The molecule has 126 valence electrons. The summed E-state index contributed by atoms with van der Waals surface area (Å²) in [7, 11) is 0. The first kappa shape index (κ1) is 16.0. The number of hydrogen-bond acceptors (Lipinski definition) is 1. The maximum absolute atomic E-state index is 2.63. The first-order valence-corrected chi connectivity index (χ1v) is 9.27. The third-order valence-corrected chi connectivity index (χ3v) is 5.39. The minimum absolute atomic E-state index is 0.450. The Balaban J connectivity index is 1.67. The van der Waals surface area contributed by atoms with Crippen LogP contribution in [0.1, 0.15) is 34.7 Å². The van der Waals surface area contributed by atoms with Gasteiger partial charge in [0.2, 0.25) is 0 Å². The number of anilines is 1. The Morgan fingerprint density at radius 1 is 0.840 bits per heavy atom. The van der Waals surface area contributed by atoms with Crippen LogP contribution in [0, 0.1) is 6.92 Å². The van der Waals surface area contributed by atoms with E-state index in [2.05, 4.69) is 90.7 Å². The van der Waals surface area contributed by atoms with Crippen molar-refractivity contribution in [1.29, 1.82) is 0 Å². The Kier molecular flexibility index (Phi) is 4.56. The quantitative estimate of drug-likeness (QED) is 0.591. The van der Waals surface area contributed by atoms with Crippen molar-refractivity contribution < 1.29 is 0 Å². The Labute approximate surface area is 150 Å². The van der Waals surface area contributed by atoms with Gasteiger partial charge in [0, 0.05) is 12.2 Å². The summed E-state index contributed by atoms with van der Waals surface area (Å²) < 4.78 is 0. The molecule has 1 aliphatic rings. The minimum Gasteiger partial charge on any atom is -0.364 e. The van der Waals surface area contributed by atoms with Gasteiger partial charge in [0.15, 0.2) is 0 Å². The van der Waals surface area contributed by atoms with Crippen molar-refractivity contribution in [3.05, 3.63) is 101 Å². The molecule has 1 unspecified atom stereocenters. The molecule has 0 saturated heterocycles. The van der Waals surface area contributed by atoms with Gasteiger partial charge in [0.1, 0.15) is 0 Å². The fraction of sp³-hybridized carbons (Fsp3) is 0.250. The van der Waals surface area contributed by atoms with Crippen LogP contribution in [0.3, 0.4) is 0 Å². The molecule has 1 atom stereocenters. The van der Waals surface area contributed by atoms with Gasteiger partial charge in [-0.15, -0.1) is 0 Å². The van der Waals surface area contributed by atoms with Crippen molar-refractivity contribution in [3.8, 4) is 0 Å². The van der Waals surface area contributed by atoms with Crippen LogP contribution < -0.4 is 4.90 Å². The van der Waals surface area contributed by atoms with Gasteiger partial charge in [-0.1, -0.05) is 72.8 Å². The molecule has 0 amide bonds. The van der Waals surface area contributed by atoms with Gasteiger partial charge >= 0.3 is 0 Å². The van der Waals surface area contributed by atoms with Gasteiger partial charge in [-0.05, 0) is 54.5 Å². The monoisotopic (exact) mass is 327 g/mol. The molecule has 0 aromatic heterocycles. The smallest absolute Gasteiger partial charge is 0.0548 e. The number of fused-ring (bicyclic) bond motifs is 1. The van der Waals surface area contributed by atoms with E-state index >= 15 is 0 Å². The maximum Gasteiger partial charge on any atom is 0.0548 e. The van der Waals surface area contributed by atoms with Crippen molar-refractivity contribution in [3.63, 3.8) is 0 Å². The number of benzene rings is 3. The van der Waals surface area contributed by atoms with E-state index in [4.69, 9.17) is 0 Å². The second-order valence-corrected chi connectivity index (χ2v) is 6.97. The summed E-state index contributed by atoms with van der Waals surface area (Å²) in [6.07, 6.45) is 3.39. The number of rotatable bonds is 4. The molecular weight excluding hydrogens is 302 g/mol. The lowest BCUT2D eigenvalue weighted by Crippen LogP contribution is -2.36. The molecule has 0 N–H and O–H groups in total. The molecule has 1 heterocycles. The highest BCUT2D eigenvalue weighted by molar-refractivity contribution is 5.57. The molecule has 3 aromatic rings. The predicted molar refractivity (Wildman–Crippen MR) is 106 cm³/mol. The molecule has 1 heteroatoms. The zero-order chi connectivity index (χ0) is 17.1. The summed E-state index contributed by atoms with van der Waals surface area (Å²) >= 11 is 0. The van der Waals surface area contributed by atoms with Crippen LogP contribution in [0.25, 0.3) is 0 Å². The largest absolute Gasteiger partial charge is 0.364 e. The first-order chi connectivity index (χ1) is 12.3. The van der Waals surface area contributed by atoms with Gasteiger partial charge in [0.25, 0.3) is 0 Å².